The van der Waals surface area contributed by atoms with Gasteiger partial charge in [0, 0.05) is 11.8 Å². The van der Waals surface area contributed by atoms with Gasteiger partial charge in [-0.25, -0.2) is 9.48 Å². The van der Waals surface area contributed by atoms with Crippen LogP contribution in [0.2, 0.25) is 0 Å². The summed E-state index contributed by atoms with van der Waals surface area (Å²) in [6.45, 7) is 3.71. The average molecular weight is 296 g/mol. The second kappa shape index (κ2) is 5.72. The monoisotopic (exact) mass is 296 g/mol. The third kappa shape index (κ3) is 2.98. The lowest BCUT2D eigenvalue weighted by Gasteiger charge is -2.03. The Morgan fingerprint density at radius 3 is 2.64 bits per heavy atom. The Balaban J connectivity index is 1.73. The molecule has 0 bridgehead atoms. The van der Waals surface area contributed by atoms with Gasteiger partial charge < -0.3 is 5.32 Å². The van der Waals surface area contributed by atoms with Crippen LogP contribution in [0, 0.1) is 13.8 Å². The summed E-state index contributed by atoms with van der Waals surface area (Å²) in [6, 6.07) is 11.1. The number of carbonyl (C=O) groups is 1. The Morgan fingerprint density at radius 1 is 1.18 bits per heavy atom. The van der Waals surface area contributed by atoms with Crippen molar-refractivity contribution < 1.29 is 4.79 Å². The lowest BCUT2D eigenvalue weighted by atomic mass is 10.3. The number of H-pyrrole nitrogens is 1. The minimum Gasteiger partial charge on any atom is -0.305 e. The molecule has 1 aromatic carbocycles. The molecule has 2 heterocycles. The van der Waals surface area contributed by atoms with Crippen molar-refractivity contribution in [2.75, 3.05) is 10.6 Å². The molecule has 0 atom stereocenters. The fourth-order valence-electron chi connectivity index (χ4n) is 2.05. The number of amides is 2. The number of aryl methyl sites for hydroxylation is 2. The first kappa shape index (κ1) is 13.9. The van der Waals surface area contributed by atoms with E-state index < -0.39 is 0 Å². The number of aromatic nitrogens is 4. The lowest BCUT2D eigenvalue weighted by Crippen LogP contribution is -2.19. The molecule has 3 aromatic rings. The number of carbonyl (C=O) groups excluding carboxylic acids is 1. The molecule has 0 saturated heterocycles. The van der Waals surface area contributed by atoms with Crippen LogP contribution in [0.4, 0.5) is 16.3 Å². The predicted octanol–water partition coefficient (Wildman–Crippen LogP) is 2.86. The predicted molar refractivity (Wildman–Crippen MR) is 84.3 cm³/mol. The number of nitrogens with zero attached hydrogens (tertiary/aromatic N) is 3. The van der Waals surface area contributed by atoms with Crippen molar-refractivity contribution in [2.24, 2.45) is 0 Å². The molecule has 0 aliphatic heterocycles. The number of urea groups is 1. The highest BCUT2D eigenvalue weighted by atomic mass is 16.2. The van der Waals surface area contributed by atoms with Crippen molar-refractivity contribution >= 4 is 17.5 Å². The summed E-state index contributed by atoms with van der Waals surface area (Å²) in [4.78, 5) is 12.0. The van der Waals surface area contributed by atoms with E-state index in [-0.39, 0.29) is 6.03 Å². The van der Waals surface area contributed by atoms with Crippen molar-refractivity contribution in [3.63, 3.8) is 0 Å². The zero-order valence-electron chi connectivity index (χ0n) is 12.3. The van der Waals surface area contributed by atoms with Crippen LogP contribution in [-0.2, 0) is 0 Å². The first-order valence-electron chi connectivity index (χ1n) is 6.83. The maximum atomic E-state index is 12.0. The molecule has 7 heteroatoms. The van der Waals surface area contributed by atoms with E-state index in [2.05, 4.69) is 25.9 Å². The molecule has 0 aliphatic rings. The number of benzene rings is 1. The molecule has 0 spiro atoms. The van der Waals surface area contributed by atoms with E-state index in [1.165, 1.54) is 0 Å². The molecule has 0 fully saturated rings. The molecular weight excluding hydrogens is 280 g/mol. The molecule has 3 rings (SSSR count). The Bertz CT molecular complexity index is 789. The van der Waals surface area contributed by atoms with Gasteiger partial charge in [-0.15, -0.1) is 0 Å². The maximum absolute atomic E-state index is 12.0. The highest BCUT2D eigenvalue weighted by Gasteiger charge is 2.10. The Hall–Kier alpha value is -3.09. The topological polar surface area (TPSA) is 87.6 Å². The zero-order valence-corrected chi connectivity index (χ0v) is 12.3. The summed E-state index contributed by atoms with van der Waals surface area (Å²) in [6.07, 6.45) is 1.78. The summed E-state index contributed by atoms with van der Waals surface area (Å²) >= 11 is 0. The first-order valence-corrected chi connectivity index (χ1v) is 6.83. The van der Waals surface area contributed by atoms with Gasteiger partial charge in [0.05, 0.1) is 23.3 Å². The fraction of sp³-hybridized carbons (Fsp3) is 0.133. The number of para-hydroxylation sites is 1. The molecule has 22 heavy (non-hydrogen) atoms. The van der Waals surface area contributed by atoms with E-state index in [4.69, 9.17) is 0 Å². The Labute approximate surface area is 127 Å². The molecule has 112 valence electrons. The van der Waals surface area contributed by atoms with Gasteiger partial charge in [0.1, 0.15) is 0 Å². The molecule has 2 amide bonds. The molecule has 0 unspecified atom stereocenters. The van der Waals surface area contributed by atoms with E-state index in [0.29, 0.717) is 11.5 Å². The van der Waals surface area contributed by atoms with Gasteiger partial charge >= 0.3 is 6.03 Å². The highest BCUT2D eigenvalue weighted by molar-refractivity contribution is 5.99. The summed E-state index contributed by atoms with van der Waals surface area (Å²) in [5.41, 5.74) is 3.19. The number of hydrogen-bond donors (Lipinski definition) is 3. The minimum absolute atomic E-state index is 0.359. The van der Waals surface area contributed by atoms with Gasteiger partial charge in [0.2, 0.25) is 0 Å². The van der Waals surface area contributed by atoms with E-state index in [1.54, 1.807) is 16.9 Å². The van der Waals surface area contributed by atoms with Crippen molar-refractivity contribution in [2.45, 2.75) is 13.8 Å². The van der Waals surface area contributed by atoms with E-state index in [0.717, 1.165) is 17.1 Å². The van der Waals surface area contributed by atoms with Gasteiger partial charge in [-0.2, -0.15) is 10.2 Å². The van der Waals surface area contributed by atoms with Crippen LogP contribution in [-0.4, -0.2) is 26.0 Å². The van der Waals surface area contributed by atoms with E-state index in [1.807, 2.05) is 44.2 Å². The van der Waals surface area contributed by atoms with Gasteiger partial charge in [0.15, 0.2) is 5.82 Å². The van der Waals surface area contributed by atoms with Gasteiger partial charge in [-0.3, -0.25) is 10.4 Å². The van der Waals surface area contributed by atoms with Crippen LogP contribution in [0.1, 0.15) is 11.4 Å². The number of anilines is 2. The van der Waals surface area contributed by atoms with Crippen LogP contribution < -0.4 is 10.6 Å². The second-order valence-electron chi connectivity index (χ2n) is 4.92. The summed E-state index contributed by atoms with van der Waals surface area (Å²) < 4.78 is 1.73. The third-order valence-electron chi connectivity index (χ3n) is 3.12. The summed E-state index contributed by atoms with van der Waals surface area (Å²) in [7, 11) is 0. The van der Waals surface area contributed by atoms with Crippen LogP contribution in [0.3, 0.4) is 0 Å². The Morgan fingerprint density at radius 2 is 1.95 bits per heavy atom. The van der Waals surface area contributed by atoms with Crippen LogP contribution in [0.25, 0.3) is 5.69 Å². The molecule has 3 N–H and O–H groups in total. The van der Waals surface area contributed by atoms with Crippen LogP contribution >= 0.6 is 0 Å². The highest BCUT2D eigenvalue weighted by Crippen LogP contribution is 2.16. The average Bonchev–Trinajstić information content (AvgIpc) is 3.07. The lowest BCUT2D eigenvalue weighted by molar-refractivity contribution is 0.262. The maximum Gasteiger partial charge on any atom is 0.324 e. The van der Waals surface area contributed by atoms with Gasteiger partial charge in [-0.05, 0) is 26.0 Å². The number of rotatable bonds is 3. The smallest absolute Gasteiger partial charge is 0.305 e. The van der Waals surface area contributed by atoms with E-state index in [9.17, 15) is 4.79 Å². The molecule has 7 nitrogen and oxygen atoms in total. The largest absolute Gasteiger partial charge is 0.324 e. The molecule has 2 aromatic heterocycles. The van der Waals surface area contributed by atoms with Crippen molar-refractivity contribution in [3.8, 4) is 5.69 Å². The van der Waals surface area contributed by atoms with Gasteiger partial charge in [-0.1, -0.05) is 18.2 Å². The standard InChI is InChI=1S/C15H16N6O/c1-10-8-14(19-18-10)17-15(22)16-13-9-21(20-11(13)2)12-6-4-3-5-7-12/h3-9H,1-2H3,(H3,16,17,18,19,22). The zero-order chi connectivity index (χ0) is 15.5. The van der Waals surface area contributed by atoms with Crippen molar-refractivity contribution in [3.05, 3.63) is 54.0 Å². The molecule has 0 aliphatic carbocycles. The third-order valence-corrected chi connectivity index (χ3v) is 3.12. The minimum atomic E-state index is -0.359. The molecular formula is C15H16N6O. The molecule has 0 radical (unpaired) electrons. The SMILES string of the molecule is Cc1cc(NC(=O)Nc2cn(-c3ccccc3)nc2C)n[nH]1. The van der Waals surface area contributed by atoms with Crippen LogP contribution in [0.15, 0.2) is 42.6 Å². The number of aromatic amines is 1. The number of hydrogen-bond acceptors (Lipinski definition) is 3. The fourth-order valence-corrected chi connectivity index (χ4v) is 2.05. The van der Waals surface area contributed by atoms with Gasteiger partial charge in [0.25, 0.3) is 0 Å². The Kier molecular flexibility index (Phi) is 3.61. The quantitative estimate of drug-likeness (QED) is 0.694. The first-order chi connectivity index (χ1) is 10.6. The normalized spacial score (nSPS) is 10.5. The summed E-state index contributed by atoms with van der Waals surface area (Å²) in [5, 5.41) is 16.5. The van der Waals surface area contributed by atoms with Crippen LogP contribution in [0.5, 0.6) is 0 Å². The van der Waals surface area contributed by atoms with Crippen molar-refractivity contribution in [1.29, 1.82) is 0 Å². The summed E-state index contributed by atoms with van der Waals surface area (Å²) in [5.74, 6) is 0.475. The number of nitrogens with one attached hydrogen (secondary N) is 3. The van der Waals surface area contributed by atoms with E-state index >= 15 is 0 Å². The molecule has 0 saturated carbocycles. The second-order valence-corrected chi connectivity index (χ2v) is 4.92. The van der Waals surface area contributed by atoms with Crippen molar-refractivity contribution in [1.82, 2.24) is 20.0 Å².